The predicted molar refractivity (Wildman–Crippen MR) is 172 cm³/mol. The van der Waals surface area contributed by atoms with Gasteiger partial charge in [0.05, 0.1) is 10.6 Å². The number of nitrogens with one attached hydrogen (secondary N) is 1. The number of sulfonamides is 1. The zero-order valence-electron chi connectivity index (χ0n) is 25.9. The Morgan fingerprint density at radius 2 is 1.53 bits per heavy atom. The van der Waals surface area contributed by atoms with Crippen LogP contribution in [0.25, 0.3) is 11.3 Å². The van der Waals surface area contributed by atoms with Gasteiger partial charge < -0.3 is 15.1 Å². The molecule has 0 spiro atoms. The lowest BCUT2D eigenvalue weighted by molar-refractivity contribution is 0.0634. The lowest BCUT2D eigenvalue weighted by atomic mass is 10.1. The summed E-state index contributed by atoms with van der Waals surface area (Å²) >= 11 is 0. The molecule has 1 amide bonds. The number of piperazine rings is 1. The molecule has 2 fully saturated rings. The van der Waals surface area contributed by atoms with Crippen molar-refractivity contribution in [2.45, 2.75) is 38.0 Å². The van der Waals surface area contributed by atoms with Crippen LogP contribution in [0.15, 0.2) is 65.7 Å². The number of hydrogen-bond acceptors (Lipinski definition) is 8. The topological polar surface area (TPSA) is 102 Å². The Bertz CT molecular complexity index is 1420. The number of aromatic nitrogens is 2. The molecule has 3 aromatic rings. The molecule has 0 atom stereocenters. The van der Waals surface area contributed by atoms with Gasteiger partial charge in [0.15, 0.2) is 0 Å². The highest BCUT2D eigenvalue weighted by molar-refractivity contribution is 7.89. The van der Waals surface area contributed by atoms with E-state index < -0.39 is 10.0 Å². The minimum atomic E-state index is -3.45. The molecule has 232 valence electrons. The van der Waals surface area contributed by atoms with Crippen LogP contribution in [-0.2, 0) is 10.0 Å². The van der Waals surface area contributed by atoms with Crippen molar-refractivity contribution >= 4 is 27.6 Å². The number of benzene rings is 2. The van der Waals surface area contributed by atoms with Crippen molar-refractivity contribution in [1.29, 1.82) is 0 Å². The molecule has 5 rings (SSSR count). The highest BCUT2D eigenvalue weighted by Gasteiger charge is 2.27. The second kappa shape index (κ2) is 15.4. The second-order valence-corrected chi connectivity index (χ2v) is 12.8. The van der Waals surface area contributed by atoms with E-state index in [2.05, 4.69) is 39.2 Å². The van der Waals surface area contributed by atoms with Crippen molar-refractivity contribution in [1.82, 2.24) is 29.0 Å². The van der Waals surface area contributed by atoms with Crippen molar-refractivity contribution in [3.63, 3.8) is 0 Å². The van der Waals surface area contributed by atoms with Gasteiger partial charge in [0.2, 0.25) is 16.0 Å². The molecule has 0 bridgehead atoms. The second-order valence-electron chi connectivity index (χ2n) is 10.9. The van der Waals surface area contributed by atoms with E-state index in [-0.39, 0.29) is 5.91 Å². The van der Waals surface area contributed by atoms with Gasteiger partial charge in [-0.2, -0.15) is 4.31 Å². The first-order valence-corrected chi connectivity index (χ1v) is 16.7. The van der Waals surface area contributed by atoms with Gasteiger partial charge in [-0.3, -0.25) is 9.69 Å². The molecule has 0 radical (unpaired) electrons. The first-order chi connectivity index (χ1) is 20.8. The van der Waals surface area contributed by atoms with E-state index in [1.54, 1.807) is 40.8 Å². The average Bonchev–Trinajstić information content (AvgIpc) is 3.59. The minimum Gasteiger partial charge on any atom is -0.336 e. The maximum atomic E-state index is 13.1. The van der Waals surface area contributed by atoms with Crippen molar-refractivity contribution in [2.75, 3.05) is 71.8 Å². The number of nitrogens with zero attached hydrogens (tertiary/aromatic N) is 6. The summed E-state index contributed by atoms with van der Waals surface area (Å²) < 4.78 is 27.2. The summed E-state index contributed by atoms with van der Waals surface area (Å²) in [6, 6.07) is 16.0. The highest BCUT2D eigenvalue weighted by atomic mass is 32.2. The van der Waals surface area contributed by atoms with Crippen LogP contribution in [0, 0.1) is 0 Å². The van der Waals surface area contributed by atoms with E-state index in [0.29, 0.717) is 35.2 Å². The summed E-state index contributed by atoms with van der Waals surface area (Å²) in [7, 11) is 0.729. The zero-order chi connectivity index (χ0) is 30.8. The Hall–Kier alpha value is -3.38. The first kappa shape index (κ1) is 32.5. The normalized spacial score (nSPS) is 16.2. The molecule has 1 aromatic heterocycles. The third-order valence-corrected chi connectivity index (χ3v) is 9.55. The number of carbonyl (C=O) groups excluding carboxylic acids is 1. The Labute approximate surface area is 256 Å². The SMILES string of the molecule is CC.CN(C)CCCN1CCN(C(=O)c2ccc(Nc3nccc(-c4ccc(S(=O)(=O)N5CCCC5)cc4)n3)cc2)CC1. The lowest BCUT2D eigenvalue weighted by Crippen LogP contribution is -2.49. The van der Waals surface area contributed by atoms with Gasteiger partial charge in [0.25, 0.3) is 5.91 Å². The molecule has 11 heteroatoms. The number of rotatable bonds is 10. The van der Waals surface area contributed by atoms with Crippen LogP contribution in [0.5, 0.6) is 0 Å². The molecule has 3 heterocycles. The maximum absolute atomic E-state index is 13.1. The van der Waals surface area contributed by atoms with Gasteiger partial charge in [-0.05, 0) is 88.9 Å². The first-order valence-electron chi connectivity index (χ1n) is 15.3. The van der Waals surface area contributed by atoms with E-state index >= 15 is 0 Å². The van der Waals surface area contributed by atoms with Gasteiger partial charge in [-0.15, -0.1) is 0 Å². The summed E-state index contributed by atoms with van der Waals surface area (Å²) in [4.78, 5) is 28.9. The Morgan fingerprint density at radius 3 is 2.16 bits per heavy atom. The van der Waals surface area contributed by atoms with Gasteiger partial charge in [0.1, 0.15) is 0 Å². The average molecular weight is 608 g/mol. The van der Waals surface area contributed by atoms with Crippen LogP contribution < -0.4 is 5.32 Å². The Morgan fingerprint density at radius 1 is 0.884 bits per heavy atom. The summed E-state index contributed by atoms with van der Waals surface area (Å²) in [5.41, 5.74) is 2.92. The molecule has 1 N–H and O–H groups in total. The quantitative estimate of drug-likeness (QED) is 0.362. The van der Waals surface area contributed by atoms with Crippen LogP contribution in [0.1, 0.15) is 43.5 Å². The molecular weight excluding hydrogens is 562 g/mol. The number of carbonyl (C=O) groups is 1. The number of amides is 1. The summed E-state index contributed by atoms with van der Waals surface area (Å²) in [5.74, 6) is 0.471. The fraction of sp³-hybridized carbons (Fsp3) is 0.469. The van der Waals surface area contributed by atoms with Crippen molar-refractivity contribution in [3.8, 4) is 11.3 Å². The molecule has 0 saturated carbocycles. The van der Waals surface area contributed by atoms with Gasteiger partial charge in [0, 0.05) is 62.3 Å². The van der Waals surface area contributed by atoms with Crippen LogP contribution in [0.2, 0.25) is 0 Å². The fourth-order valence-electron chi connectivity index (χ4n) is 5.25. The minimum absolute atomic E-state index is 0.0536. The molecule has 2 saturated heterocycles. The van der Waals surface area contributed by atoms with Crippen LogP contribution >= 0.6 is 0 Å². The highest BCUT2D eigenvalue weighted by Crippen LogP contribution is 2.25. The third kappa shape index (κ3) is 8.60. The molecule has 2 aromatic carbocycles. The molecular formula is C32H45N7O3S. The predicted octanol–water partition coefficient (Wildman–Crippen LogP) is 4.41. The largest absolute Gasteiger partial charge is 0.336 e. The van der Waals surface area contributed by atoms with E-state index in [4.69, 9.17) is 0 Å². The maximum Gasteiger partial charge on any atom is 0.253 e. The Kier molecular flexibility index (Phi) is 11.6. The molecule has 0 unspecified atom stereocenters. The fourth-order valence-corrected chi connectivity index (χ4v) is 6.76. The molecule has 0 aliphatic carbocycles. The van der Waals surface area contributed by atoms with Crippen LogP contribution in [0.4, 0.5) is 11.6 Å². The van der Waals surface area contributed by atoms with Crippen molar-refractivity contribution in [2.24, 2.45) is 0 Å². The third-order valence-electron chi connectivity index (χ3n) is 7.64. The van der Waals surface area contributed by atoms with Crippen LogP contribution in [-0.4, -0.2) is 110 Å². The van der Waals surface area contributed by atoms with E-state index in [0.717, 1.165) is 69.8 Å². The van der Waals surface area contributed by atoms with E-state index in [1.807, 2.05) is 43.0 Å². The van der Waals surface area contributed by atoms with E-state index in [1.165, 1.54) is 0 Å². The van der Waals surface area contributed by atoms with Crippen molar-refractivity contribution < 1.29 is 13.2 Å². The Balaban J connectivity index is 0.00000207. The molecule has 2 aliphatic heterocycles. The molecule has 10 nitrogen and oxygen atoms in total. The zero-order valence-corrected chi connectivity index (χ0v) is 26.7. The summed E-state index contributed by atoms with van der Waals surface area (Å²) in [6.45, 7) is 10.6. The molecule has 43 heavy (non-hydrogen) atoms. The molecule has 2 aliphatic rings. The standard InChI is InChI=1S/C30H39N7O3S.C2H6/c1-34(2)16-5-17-35-20-22-36(23-21-35)29(38)25-6-10-26(11-7-25)32-30-31-15-14-28(33-30)24-8-12-27(13-9-24)41(39,40)37-18-3-4-19-37;1-2/h6-15H,3-5,16-23H2,1-2H3,(H,31,32,33);1-2H3. The monoisotopic (exact) mass is 607 g/mol. The number of anilines is 2. The lowest BCUT2D eigenvalue weighted by Gasteiger charge is -2.35. The number of hydrogen-bond donors (Lipinski definition) is 1. The van der Waals surface area contributed by atoms with Gasteiger partial charge >= 0.3 is 0 Å². The van der Waals surface area contributed by atoms with Gasteiger partial charge in [-0.1, -0.05) is 26.0 Å². The van der Waals surface area contributed by atoms with Crippen molar-refractivity contribution in [3.05, 3.63) is 66.4 Å². The smallest absolute Gasteiger partial charge is 0.253 e. The summed E-state index contributed by atoms with van der Waals surface area (Å²) in [5, 5.41) is 3.21. The van der Waals surface area contributed by atoms with E-state index in [9.17, 15) is 13.2 Å². The van der Waals surface area contributed by atoms with Gasteiger partial charge in [-0.25, -0.2) is 18.4 Å². The van der Waals surface area contributed by atoms with Crippen LogP contribution in [0.3, 0.4) is 0 Å². The summed E-state index contributed by atoms with van der Waals surface area (Å²) in [6.07, 6.45) is 4.61.